The van der Waals surface area contributed by atoms with Crippen LogP contribution in [0.5, 0.6) is 0 Å². The molecule has 0 saturated carbocycles. The maximum Gasteiger partial charge on any atom is 0.0590 e. The van der Waals surface area contributed by atoms with E-state index in [9.17, 15) is 5.11 Å². The molecule has 0 amide bonds. The van der Waals surface area contributed by atoms with Gasteiger partial charge in [0.05, 0.1) is 6.10 Å². The monoisotopic (exact) mass is 181 g/mol. The second-order valence-corrected chi connectivity index (χ2v) is 3.81. The average Bonchev–Trinajstić information content (AvgIpc) is 2.12. The lowest BCUT2D eigenvalue weighted by molar-refractivity contribution is 0.0360. The van der Waals surface area contributed by atoms with Gasteiger partial charge in [-0.1, -0.05) is 6.92 Å². The number of nitrogens with zero attached hydrogens (tertiary/aromatic N) is 1. The number of piperidine rings is 1. The Balaban J connectivity index is 2.24. The number of aliphatic hydroxyl groups excluding tert-OH is 1. The number of aliphatic hydroxyl groups is 1. The van der Waals surface area contributed by atoms with Crippen molar-refractivity contribution in [3.05, 3.63) is 0 Å². The highest BCUT2D eigenvalue weighted by atomic mass is 16.3. The van der Waals surface area contributed by atoms with Crippen LogP contribution in [-0.4, -0.2) is 35.7 Å². The zero-order valence-electron chi connectivity index (χ0n) is 8.58. The summed E-state index contributed by atoms with van der Waals surface area (Å²) in [6.07, 6.45) is 1.79. The van der Waals surface area contributed by atoms with E-state index < -0.39 is 0 Å². The van der Waals surface area contributed by atoms with Crippen molar-refractivity contribution in [2.24, 2.45) is 5.92 Å². The molecule has 0 aromatic carbocycles. The van der Waals surface area contributed by atoms with Crippen LogP contribution in [-0.2, 0) is 0 Å². The molecular formula is C11H19NO. The summed E-state index contributed by atoms with van der Waals surface area (Å²) in [6.45, 7) is 7.09. The summed E-state index contributed by atoms with van der Waals surface area (Å²) in [7, 11) is 0. The summed E-state index contributed by atoms with van der Waals surface area (Å²) >= 11 is 0. The van der Waals surface area contributed by atoms with Crippen molar-refractivity contribution in [1.29, 1.82) is 0 Å². The van der Waals surface area contributed by atoms with Gasteiger partial charge in [0.2, 0.25) is 0 Å². The maximum absolute atomic E-state index is 9.51. The van der Waals surface area contributed by atoms with E-state index in [1.807, 2.05) is 6.92 Å². The Hall–Kier alpha value is -0.520. The van der Waals surface area contributed by atoms with Gasteiger partial charge < -0.3 is 10.0 Å². The highest BCUT2D eigenvalue weighted by Crippen LogP contribution is 2.16. The van der Waals surface area contributed by atoms with Gasteiger partial charge >= 0.3 is 0 Å². The third-order valence-corrected chi connectivity index (χ3v) is 2.67. The van der Waals surface area contributed by atoms with E-state index in [4.69, 9.17) is 0 Å². The van der Waals surface area contributed by atoms with E-state index in [1.54, 1.807) is 0 Å². The normalized spacial score (nSPS) is 29.5. The molecule has 0 aromatic rings. The third-order valence-electron chi connectivity index (χ3n) is 2.67. The van der Waals surface area contributed by atoms with Crippen molar-refractivity contribution in [2.75, 3.05) is 19.6 Å². The molecule has 0 spiro atoms. The first kappa shape index (κ1) is 10.6. The summed E-state index contributed by atoms with van der Waals surface area (Å²) in [6, 6.07) is 0. The average molecular weight is 181 g/mol. The van der Waals surface area contributed by atoms with Crippen LogP contribution < -0.4 is 0 Å². The first-order valence-corrected chi connectivity index (χ1v) is 5.04. The van der Waals surface area contributed by atoms with Crippen LogP contribution in [0.25, 0.3) is 0 Å². The fourth-order valence-electron chi connectivity index (χ4n) is 1.76. The second kappa shape index (κ2) is 5.26. The molecular weight excluding hydrogens is 162 g/mol. The van der Waals surface area contributed by atoms with Crippen molar-refractivity contribution in [2.45, 2.75) is 32.8 Å². The van der Waals surface area contributed by atoms with Gasteiger partial charge in [0.15, 0.2) is 0 Å². The Morgan fingerprint density at radius 2 is 2.31 bits per heavy atom. The van der Waals surface area contributed by atoms with Gasteiger partial charge in [-0.15, -0.1) is 11.8 Å². The molecule has 1 aliphatic heterocycles. The van der Waals surface area contributed by atoms with E-state index in [2.05, 4.69) is 23.7 Å². The lowest BCUT2D eigenvalue weighted by Crippen LogP contribution is -2.42. The largest absolute Gasteiger partial charge is 0.393 e. The Morgan fingerprint density at radius 1 is 1.54 bits per heavy atom. The van der Waals surface area contributed by atoms with Gasteiger partial charge in [0.1, 0.15) is 0 Å². The van der Waals surface area contributed by atoms with Crippen molar-refractivity contribution in [3.8, 4) is 11.8 Å². The molecule has 0 bridgehead atoms. The lowest BCUT2D eigenvalue weighted by Gasteiger charge is -2.33. The SMILES string of the molecule is CC#CCCN1CCC(O)C(C)C1. The summed E-state index contributed by atoms with van der Waals surface area (Å²) in [5.74, 6) is 6.39. The van der Waals surface area contributed by atoms with Gasteiger partial charge in [-0.2, -0.15) is 0 Å². The zero-order valence-corrected chi connectivity index (χ0v) is 8.58. The van der Waals surface area contributed by atoms with E-state index in [0.717, 1.165) is 32.5 Å². The van der Waals surface area contributed by atoms with E-state index in [-0.39, 0.29) is 6.10 Å². The van der Waals surface area contributed by atoms with Crippen LogP contribution in [0.4, 0.5) is 0 Å². The van der Waals surface area contributed by atoms with E-state index in [1.165, 1.54) is 0 Å². The number of rotatable bonds is 2. The molecule has 1 heterocycles. The predicted octanol–water partition coefficient (Wildman–Crippen LogP) is 1.10. The smallest absolute Gasteiger partial charge is 0.0590 e. The molecule has 1 N–H and O–H groups in total. The Bertz CT molecular complexity index is 204. The molecule has 2 unspecified atom stereocenters. The van der Waals surface area contributed by atoms with Gasteiger partial charge in [-0.05, 0) is 19.3 Å². The van der Waals surface area contributed by atoms with Crippen LogP contribution in [0.2, 0.25) is 0 Å². The molecule has 1 saturated heterocycles. The molecule has 0 radical (unpaired) electrons. The minimum absolute atomic E-state index is 0.0893. The molecule has 13 heavy (non-hydrogen) atoms. The molecule has 2 nitrogen and oxygen atoms in total. The molecule has 0 aromatic heterocycles. The van der Waals surface area contributed by atoms with Gasteiger partial charge in [0.25, 0.3) is 0 Å². The fraction of sp³-hybridized carbons (Fsp3) is 0.818. The molecule has 2 atom stereocenters. The standard InChI is InChI=1S/C11H19NO/c1-3-4-5-7-12-8-6-11(13)10(2)9-12/h10-11,13H,5-9H2,1-2H3. The van der Waals surface area contributed by atoms with Gasteiger partial charge in [-0.3, -0.25) is 0 Å². The molecule has 1 rings (SSSR count). The summed E-state index contributed by atoms with van der Waals surface area (Å²) in [5.41, 5.74) is 0. The van der Waals surface area contributed by atoms with Crippen molar-refractivity contribution < 1.29 is 5.11 Å². The number of hydrogen-bond acceptors (Lipinski definition) is 2. The van der Waals surface area contributed by atoms with Crippen LogP contribution in [0.3, 0.4) is 0 Å². The highest BCUT2D eigenvalue weighted by molar-refractivity contribution is 4.95. The van der Waals surface area contributed by atoms with Gasteiger partial charge in [0, 0.05) is 26.1 Å². The maximum atomic E-state index is 9.51. The number of likely N-dealkylation sites (tertiary alicyclic amines) is 1. The Morgan fingerprint density at radius 3 is 2.92 bits per heavy atom. The van der Waals surface area contributed by atoms with Crippen LogP contribution in [0.1, 0.15) is 26.7 Å². The van der Waals surface area contributed by atoms with Gasteiger partial charge in [-0.25, -0.2) is 0 Å². The minimum Gasteiger partial charge on any atom is -0.393 e. The third kappa shape index (κ3) is 3.38. The molecule has 1 aliphatic rings. The number of hydrogen-bond donors (Lipinski definition) is 1. The quantitative estimate of drug-likeness (QED) is 0.645. The van der Waals surface area contributed by atoms with Crippen molar-refractivity contribution >= 4 is 0 Å². The highest BCUT2D eigenvalue weighted by Gasteiger charge is 2.23. The molecule has 0 aliphatic carbocycles. The zero-order chi connectivity index (χ0) is 9.68. The van der Waals surface area contributed by atoms with Crippen LogP contribution >= 0.6 is 0 Å². The fourth-order valence-corrected chi connectivity index (χ4v) is 1.76. The van der Waals surface area contributed by atoms with Crippen molar-refractivity contribution in [1.82, 2.24) is 4.90 Å². The molecule has 1 fully saturated rings. The topological polar surface area (TPSA) is 23.5 Å². The second-order valence-electron chi connectivity index (χ2n) is 3.81. The summed E-state index contributed by atoms with van der Waals surface area (Å²) < 4.78 is 0. The first-order valence-electron chi connectivity index (χ1n) is 5.04. The van der Waals surface area contributed by atoms with E-state index in [0.29, 0.717) is 5.92 Å². The predicted molar refractivity (Wildman–Crippen MR) is 54.3 cm³/mol. The summed E-state index contributed by atoms with van der Waals surface area (Å²) in [5, 5.41) is 9.51. The van der Waals surface area contributed by atoms with Crippen LogP contribution in [0.15, 0.2) is 0 Å². The summed E-state index contributed by atoms with van der Waals surface area (Å²) in [4.78, 5) is 2.39. The molecule has 2 heteroatoms. The van der Waals surface area contributed by atoms with E-state index >= 15 is 0 Å². The Labute approximate surface area is 80.9 Å². The van der Waals surface area contributed by atoms with Crippen molar-refractivity contribution in [3.63, 3.8) is 0 Å². The molecule has 74 valence electrons. The lowest BCUT2D eigenvalue weighted by atomic mass is 9.97. The first-order chi connectivity index (χ1) is 6.24. The Kier molecular flexibility index (Phi) is 4.27. The van der Waals surface area contributed by atoms with Crippen LogP contribution in [0, 0.1) is 17.8 Å². The minimum atomic E-state index is -0.0893.